The Morgan fingerprint density at radius 3 is 2.57 bits per heavy atom. The second-order valence-corrected chi connectivity index (χ2v) is 5.80. The molecule has 0 heterocycles. The van der Waals surface area contributed by atoms with Crippen molar-refractivity contribution in [2.24, 2.45) is 0 Å². The quantitative estimate of drug-likeness (QED) is 0.878. The van der Waals surface area contributed by atoms with Crippen LogP contribution >= 0.6 is 0 Å². The van der Waals surface area contributed by atoms with Gasteiger partial charge >= 0.3 is 0 Å². The summed E-state index contributed by atoms with van der Waals surface area (Å²) < 4.78 is 6.11. The number of rotatable bonds is 2. The Morgan fingerprint density at radius 2 is 1.83 bits per heavy atom. The molecule has 0 bridgehead atoms. The monoisotopic (exact) mass is 307 g/mol. The van der Waals surface area contributed by atoms with Gasteiger partial charge in [-0.15, -0.1) is 0 Å². The van der Waals surface area contributed by atoms with Gasteiger partial charge in [0.25, 0.3) is 0 Å². The van der Waals surface area contributed by atoms with Gasteiger partial charge in [0, 0.05) is 11.6 Å². The second-order valence-electron chi connectivity index (χ2n) is 5.80. The largest absolute Gasteiger partial charge is 0.508 e. The number of aromatic hydroxyl groups is 2. The number of fused-ring (bicyclic) bond motifs is 1. The summed E-state index contributed by atoms with van der Waals surface area (Å²) in [5.41, 5.74) is 4.06. The minimum Gasteiger partial charge on any atom is -0.508 e. The molecule has 0 amide bonds. The average Bonchev–Trinajstić information content (AvgIpc) is 2.51. The summed E-state index contributed by atoms with van der Waals surface area (Å²) in [5.74, 6) is 1.46. The molecule has 0 saturated heterocycles. The summed E-state index contributed by atoms with van der Waals surface area (Å²) in [7, 11) is 0. The summed E-state index contributed by atoms with van der Waals surface area (Å²) in [5, 5.41) is 28.6. The van der Waals surface area contributed by atoms with Crippen molar-refractivity contribution < 1.29 is 14.9 Å². The Bertz CT molecular complexity index is 860. The number of allylic oxidation sites excluding steroid dienone is 1. The SMILES string of the molecule is CC1=C(Oc2c(C)cc(O)cc2C#N)c2ccc(O)cc2CC1. The lowest BCUT2D eigenvalue weighted by atomic mass is 9.91. The molecule has 0 fully saturated rings. The Morgan fingerprint density at radius 1 is 1.04 bits per heavy atom. The second kappa shape index (κ2) is 5.69. The van der Waals surface area contributed by atoms with Gasteiger partial charge < -0.3 is 14.9 Å². The standard InChI is InChI=1S/C19H17NO3/c1-11-3-4-13-8-15(21)5-6-17(13)19(11)23-18-12(2)7-16(22)9-14(18)10-20/h5-9,21-22H,3-4H2,1-2H3. The van der Waals surface area contributed by atoms with Gasteiger partial charge in [-0.2, -0.15) is 5.26 Å². The molecule has 0 radical (unpaired) electrons. The first-order chi connectivity index (χ1) is 11.0. The van der Waals surface area contributed by atoms with E-state index >= 15 is 0 Å². The van der Waals surface area contributed by atoms with Crippen LogP contribution in [-0.2, 0) is 6.42 Å². The van der Waals surface area contributed by atoms with Crippen LogP contribution in [0.1, 0.15) is 35.6 Å². The normalized spacial score (nSPS) is 13.4. The van der Waals surface area contributed by atoms with E-state index in [1.165, 1.54) is 6.07 Å². The minimum absolute atomic E-state index is 0.0473. The molecule has 2 aromatic carbocycles. The summed E-state index contributed by atoms with van der Waals surface area (Å²) in [4.78, 5) is 0. The zero-order valence-corrected chi connectivity index (χ0v) is 13.1. The number of nitrogens with zero attached hydrogens (tertiary/aromatic N) is 1. The van der Waals surface area contributed by atoms with Crippen LogP contribution in [0, 0.1) is 18.3 Å². The van der Waals surface area contributed by atoms with Crippen LogP contribution in [0.5, 0.6) is 17.2 Å². The average molecular weight is 307 g/mol. The molecule has 2 aromatic rings. The molecule has 116 valence electrons. The Hall–Kier alpha value is -2.93. The van der Waals surface area contributed by atoms with E-state index in [-0.39, 0.29) is 11.5 Å². The van der Waals surface area contributed by atoms with Crippen LogP contribution in [0.15, 0.2) is 35.9 Å². The maximum atomic E-state index is 9.66. The summed E-state index contributed by atoms with van der Waals surface area (Å²) >= 11 is 0. The third kappa shape index (κ3) is 2.74. The summed E-state index contributed by atoms with van der Waals surface area (Å²) in [6.45, 7) is 3.80. The number of aryl methyl sites for hydroxylation is 2. The number of phenolic OH excluding ortho intramolecular Hbond substituents is 2. The zero-order chi connectivity index (χ0) is 16.6. The van der Waals surface area contributed by atoms with Crippen molar-refractivity contribution in [3.8, 4) is 23.3 Å². The zero-order valence-electron chi connectivity index (χ0n) is 13.1. The van der Waals surface area contributed by atoms with Crippen LogP contribution in [0.2, 0.25) is 0 Å². The third-order valence-corrected chi connectivity index (χ3v) is 4.07. The van der Waals surface area contributed by atoms with Gasteiger partial charge in [0.1, 0.15) is 29.1 Å². The van der Waals surface area contributed by atoms with Crippen molar-refractivity contribution in [1.82, 2.24) is 0 Å². The molecule has 0 unspecified atom stereocenters. The molecule has 1 aliphatic carbocycles. The highest BCUT2D eigenvalue weighted by Gasteiger charge is 2.21. The third-order valence-electron chi connectivity index (χ3n) is 4.07. The minimum atomic E-state index is 0.0473. The molecule has 0 aliphatic heterocycles. The first-order valence-corrected chi connectivity index (χ1v) is 7.43. The number of hydrogen-bond acceptors (Lipinski definition) is 4. The van der Waals surface area contributed by atoms with Gasteiger partial charge in [0.15, 0.2) is 0 Å². The number of hydrogen-bond donors (Lipinski definition) is 2. The molecule has 4 nitrogen and oxygen atoms in total. The van der Waals surface area contributed by atoms with E-state index in [1.54, 1.807) is 25.1 Å². The molecule has 3 rings (SSSR count). The predicted octanol–water partition coefficient (Wildman–Crippen LogP) is 4.03. The van der Waals surface area contributed by atoms with Crippen LogP contribution in [-0.4, -0.2) is 10.2 Å². The van der Waals surface area contributed by atoms with Crippen LogP contribution < -0.4 is 4.74 Å². The Labute approximate surface area is 134 Å². The first kappa shape index (κ1) is 15.0. The summed E-state index contributed by atoms with van der Waals surface area (Å²) in [6.07, 6.45) is 1.69. The molecule has 4 heteroatoms. The fourth-order valence-electron chi connectivity index (χ4n) is 2.89. The van der Waals surface area contributed by atoms with E-state index in [4.69, 9.17) is 4.74 Å². The summed E-state index contributed by atoms with van der Waals surface area (Å²) in [6, 6.07) is 10.3. The highest BCUT2D eigenvalue weighted by molar-refractivity contribution is 5.71. The highest BCUT2D eigenvalue weighted by Crippen LogP contribution is 2.37. The van der Waals surface area contributed by atoms with Crippen molar-refractivity contribution in [3.05, 3.63) is 58.2 Å². The van der Waals surface area contributed by atoms with Crippen molar-refractivity contribution in [3.63, 3.8) is 0 Å². The number of ether oxygens (including phenoxy) is 1. The van der Waals surface area contributed by atoms with E-state index in [2.05, 4.69) is 6.07 Å². The van der Waals surface area contributed by atoms with Crippen molar-refractivity contribution in [2.45, 2.75) is 26.7 Å². The number of nitriles is 1. The van der Waals surface area contributed by atoms with Crippen LogP contribution in [0.3, 0.4) is 0 Å². The fraction of sp³-hybridized carbons (Fsp3) is 0.211. The van der Waals surface area contributed by atoms with Crippen molar-refractivity contribution in [2.75, 3.05) is 0 Å². The van der Waals surface area contributed by atoms with Crippen molar-refractivity contribution in [1.29, 1.82) is 5.26 Å². The van der Waals surface area contributed by atoms with Gasteiger partial charge in [0.05, 0.1) is 5.56 Å². The van der Waals surface area contributed by atoms with Gasteiger partial charge in [-0.05, 0) is 67.7 Å². The number of phenols is 2. The molecule has 2 N–H and O–H groups in total. The van der Waals surface area contributed by atoms with Crippen molar-refractivity contribution >= 4 is 5.76 Å². The lowest BCUT2D eigenvalue weighted by Crippen LogP contribution is -2.09. The molecule has 0 saturated carbocycles. The van der Waals surface area contributed by atoms with E-state index in [0.29, 0.717) is 16.9 Å². The maximum absolute atomic E-state index is 9.66. The molecule has 0 atom stereocenters. The molecule has 1 aliphatic rings. The van der Waals surface area contributed by atoms with Gasteiger partial charge in [-0.3, -0.25) is 0 Å². The van der Waals surface area contributed by atoms with Gasteiger partial charge in [0.2, 0.25) is 0 Å². The Kier molecular flexibility index (Phi) is 3.71. The maximum Gasteiger partial charge on any atom is 0.148 e. The van der Waals surface area contributed by atoms with Crippen LogP contribution in [0.4, 0.5) is 0 Å². The smallest absolute Gasteiger partial charge is 0.148 e. The molecular formula is C19H17NO3. The van der Waals surface area contributed by atoms with Gasteiger partial charge in [-0.1, -0.05) is 0 Å². The topological polar surface area (TPSA) is 73.5 Å². The molecule has 0 spiro atoms. The van der Waals surface area contributed by atoms with Gasteiger partial charge in [-0.25, -0.2) is 0 Å². The highest BCUT2D eigenvalue weighted by atomic mass is 16.5. The Balaban J connectivity index is 2.09. The van der Waals surface area contributed by atoms with E-state index in [0.717, 1.165) is 35.3 Å². The van der Waals surface area contributed by atoms with E-state index in [1.807, 2.05) is 13.0 Å². The number of benzene rings is 2. The predicted molar refractivity (Wildman–Crippen MR) is 87.2 cm³/mol. The molecular weight excluding hydrogens is 290 g/mol. The molecule has 0 aromatic heterocycles. The fourth-order valence-corrected chi connectivity index (χ4v) is 2.89. The van der Waals surface area contributed by atoms with E-state index < -0.39 is 0 Å². The lowest BCUT2D eigenvalue weighted by Gasteiger charge is -2.23. The molecule has 23 heavy (non-hydrogen) atoms. The lowest BCUT2D eigenvalue weighted by molar-refractivity contribution is 0.465. The van der Waals surface area contributed by atoms with E-state index in [9.17, 15) is 15.5 Å². The van der Waals surface area contributed by atoms with Crippen LogP contribution in [0.25, 0.3) is 5.76 Å². The first-order valence-electron chi connectivity index (χ1n) is 7.43.